The Kier molecular flexibility index (Phi) is 5.49. The second-order valence-corrected chi connectivity index (χ2v) is 9.16. The average molecular weight is 498 g/mol. The van der Waals surface area contributed by atoms with Crippen molar-refractivity contribution in [2.45, 2.75) is 13.1 Å². The van der Waals surface area contributed by atoms with E-state index in [1.54, 1.807) is 12.5 Å². The Bertz CT molecular complexity index is 1850. The van der Waals surface area contributed by atoms with Gasteiger partial charge in [0.05, 0.1) is 28.9 Å². The van der Waals surface area contributed by atoms with Crippen molar-refractivity contribution < 1.29 is 4.42 Å². The number of hydrogen-bond acceptors (Lipinski definition) is 6. The molecule has 7 rings (SSSR count). The van der Waals surface area contributed by atoms with Crippen molar-refractivity contribution in [1.29, 1.82) is 0 Å². The summed E-state index contributed by atoms with van der Waals surface area (Å²) in [6.45, 7) is 1.52. The molecule has 0 amide bonds. The zero-order valence-corrected chi connectivity index (χ0v) is 20.3. The van der Waals surface area contributed by atoms with E-state index in [1.165, 1.54) is 5.56 Å². The van der Waals surface area contributed by atoms with Crippen LogP contribution < -0.4 is 5.32 Å². The van der Waals surface area contributed by atoms with E-state index < -0.39 is 0 Å². The maximum Gasteiger partial charge on any atom is 0.159 e. The summed E-state index contributed by atoms with van der Waals surface area (Å²) in [4.78, 5) is 17.4. The molecule has 5 aromatic heterocycles. The third-order valence-electron chi connectivity index (χ3n) is 6.61. The van der Waals surface area contributed by atoms with E-state index in [0.29, 0.717) is 11.5 Å². The van der Waals surface area contributed by atoms with Crippen LogP contribution in [0.2, 0.25) is 0 Å². The summed E-state index contributed by atoms with van der Waals surface area (Å²) in [5.41, 5.74) is 9.52. The standard InChI is InChI=1S/C30H23N7O/c1-2-5-19(6-3-1)13-31-14-20-11-22(16-32-15-20)23-12-25-28(36-37-29(25)33-17-23)30-34-26-8-4-7-24(27(26)35-30)21-9-10-38-18-21/h1-12,15-18,31H,13-14H2,(H,34,35)(H,33,36,37). The van der Waals surface area contributed by atoms with Crippen molar-refractivity contribution in [2.75, 3.05) is 0 Å². The van der Waals surface area contributed by atoms with Gasteiger partial charge in [-0.15, -0.1) is 0 Å². The Balaban J connectivity index is 1.20. The van der Waals surface area contributed by atoms with E-state index in [2.05, 4.69) is 66.9 Å². The number of furan rings is 1. The van der Waals surface area contributed by atoms with E-state index in [-0.39, 0.29) is 0 Å². The number of imidazole rings is 1. The molecule has 0 atom stereocenters. The number of rotatable bonds is 7. The molecule has 5 heterocycles. The van der Waals surface area contributed by atoms with Gasteiger partial charge in [-0.05, 0) is 35.4 Å². The number of H-pyrrole nitrogens is 2. The molecule has 0 fully saturated rings. The van der Waals surface area contributed by atoms with Gasteiger partial charge in [0.25, 0.3) is 0 Å². The number of nitrogens with zero attached hydrogens (tertiary/aromatic N) is 4. The first-order chi connectivity index (χ1) is 18.8. The minimum absolute atomic E-state index is 0.679. The van der Waals surface area contributed by atoms with Crippen LogP contribution in [0.1, 0.15) is 11.1 Å². The fourth-order valence-electron chi connectivity index (χ4n) is 4.73. The number of para-hydroxylation sites is 1. The highest BCUT2D eigenvalue weighted by atomic mass is 16.3. The van der Waals surface area contributed by atoms with E-state index >= 15 is 0 Å². The Morgan fingerprint density at radius 2 is 1.71 bits per heavy atom. The molecule has 38 heavy (non-hydrogen) atoms. The lowest BCUT2D eigenvalue weighted by atomic mass is 10.1. The van der Waals surface area contributed by atoms with Crippen LogP contribution in [0.3, 0.4) is 0 Å². The lowest BCUT2D eigenvalue weighted by molar-refractivity contribution is 0.568. The predicted molar refractivity (Wildman–Crippen MR) is 147 cm³/mol. The zero-order chi connectivity index (χ0) is 25.3. The lowest BCUT2D eigenvalue weighted by Gasteiger charge is -2.07. The maximum absolute atomic E-state index is 5.29. The number of aromatic nitrogens is 6. The monoisotopic (exact) mass is 497 g/mol. The van der Waals surface area contributed by atoms with Crippen LogP contribution in [-0.4, -0.2) is 30.1 Å². The van der Waals surface area contributed by atoms with Gasteiger partial charge in [-0.2, -0.15) is 5.10 Å². The molecule has 0 aliphatic rings. The van der Waals surface area contributed by atoms with Gasteiger partial charge < -0.3 is 14.7 Å². The maximum atomic E-state index is 5.29. The molecule has 0 bridgehead atoms. The van der Waals surface area contributed by atoms with Gasteiger partial charge in [-0.25, -0.2) is 9.97 Å². The molecule has 0 spiro atoms. The fraction of sp³-hybridized carbons (Fsp3) is 0.0667. The number of aromatic amines is 2. The topological polar surface area (TPSA) is 108 Å². The number of nitrogens with one attached hydrogen (secondary N) is 3. The van der Waals surface area contributed by atoms with Crippen LogP contribution in [0.5, 0.6) is 0 Å². The summed E-state index contributed by atoms with van der Waals surface area (Å²) in [7, 11) is 0. The second-order valence-electron chi connectivity index (χ2n) is 9.16. The third-order valence-corrected chi connectivity index (χ3v) is 6.61. The van der Waals surface area contributed by atoms with Crippen LogP contribution in [0.15, 0.2) is 102 Å². The summed E-state index contributed by atoms with van der Waals surface area (Å²) in [6.07, 6.45) is 8.99. The van der Waals surface area contributed by atoms with E-state index in [0.717, 1.165) is 63.0 Å². The Morgan fingerprint density at radius 1 is 0.816 bits per heavy atom. The molecule has 3 N–H and O–H groups in total. The van der Waals surface area contributed by atoms with E-state index in [4.69, 9.17) is 9.40 Å². The van der Waals surface area contributed by atoms with Gasteiger partial charge in [0.1, 0.15) is 5.69 Å². The van der Waals surface area contributed by atoms with Gasteiger partial charge in [-0.3, -0.25) is 10.1 Å². The number of pyridine rings is 2. The molecule has 2 aromatic carbocycles. The summed E-state index contributed by atoms with van der Waals surface area (Å²) in [5, 5.41) is 12.0. The normalized spacial score (nSPS) is 11.5. The van der Waals surface area contributed by atoms with Gasteiger partial charge in [0, 0.05) is 53.9 Å². The summed E-state index contributed by atoms with van der Waals surface area (Å²) < 4.78 is 5.29. The van der Waals surface area contributed by atoms with Crippen molar-refractivity contribution >= 4 is 22.1 Å². The van der Waals surface area contributed by atoms with Crippen molar-refractivity contribution in [3.63, 3.8) is 0 Å². The SMILES string of the molecule is c1ccc(CNCc2cncc(-c3cnc4[nH]nc(-c5nc6c(-c7ccoc7)cccc6[nH]5)c4c3)c2)cc1. The molecule has 184 valence electrons. The van der Waals surface area contributed by atoms with Crippen molar-refractivity contribution in [3.8, 4) is 33.8 Å². The van der Waals surface area contributed by atoms with Crippen molar-refractivity contribution in [3.05, 3.63) is 109 Å². The quantitative estimate of drug-likeness (QED) is 0.245. The van der Waals surface area contributed by atoms with Crippen LogP contribution in [0, 0.1) is 0 Å². The van der Waals surface area contributed by atoms with Gasteiger partial charge >= 0.3 is 0 Å². The molecule has 8 nitrogen and oxygen atoms in total. The molecule has 0 saturated heterocycles. The van der Waals surface area contributed by atoms with Crippen LogP contribution in [0.25, 0.3) is 55.8 Å². The van der Waals surface area contributed by atoms with Crippen LogP contribution >= 0.6 is 0 Å². The molecule has 0 aliphatic heterocycles. The highest BCUT2D eigenvalue weighted by Gasteiger charge is 2.17. The molecule has 8 heteroatoms. The minimum atomic E-state index is 0.679. The van der Waals surface area contributed by atoms with Crippen LogP contribution in [-0.2, 0) is 13.1 Å². The lowest BCUT2D eigenvalue weighted by Crippen LogP contribution is -2.12. The molecule has 0 saturated carbocycles. The van der Waals surface area contributed by atoms with Gasteiger partial charge in [0.2, 0.25) is 0 Å². The fourth-order valence-corrected chi connectivity index (χ4v) is 4.73. The average Bonchev–Trinajstić information content (AvgIpc) is 3.73. The van der Waals surface area contributed by atoms with E-state index in [1.807, 2.05) is 48.9 Å². The highest BCUT2D eigenvalue weighted by molar-refractivity contribution is 5.97. The third kappa shape index (κ3) is 4.12. The summed E-state index contributed by atoms with van der Waals surface area (Å²) >= 11 is 0. The molecular weight excluding hydrogens is 474 g/mol. The first-order valence-electron chi connectivity index (χ1n) is 12.4. The number of fused-ring (bicyclic) bond motifs is 2. The Hall–Kier alpha value is -5.08. The Morgan fingerprint density at radius 3 is 2.61 bits per heavy atom. The van der Waals surface area contributed by atoms with Gasteiger partial charge in [-0.1, -0.05) is 42.5 Å². The van der Waals surface area contributed by atoms with Crippen molar-refractivity contribution in [1.82, 2.24) is 35.5 Å². The molecule has 7 aromatic rings. The second kappa shape index (κ2) is 9.42. The summed E-state index contributed by atoms with van der Waals surface area (Å²) in [6, 6.07) is 22.6. The Labute approximate surface area is 217 Å². The highest BCUT2D eigenvalue weighted by Crippen LogP contribution is 2.32. The summed E-state index contributed by atoms with van der Waals surface area (Å²) in [5.74, 6) is 0.679. The molecular formula is C30H23N7O. The molecule has 0 unspecified atom stereocenters. The van der Waals surface area contributed by atoms with Gasteiger partial charge in [0.15, 0.2) is 11.5 Å². The van der Waals surface area contributed by atoms with Crippen molar-refractivity contribution in [2.24, 2.45) is 0 Å². The first kappa shape index (κ1) is 22.1. The minimum Gasteiger partial charge on any atom is -0.472 e. The smallest absolute Gasteiger partial charge is 0.159 e. The first-order valence-corrected chi connectivity index (χ1v) is 12.4. The molecule has 0 radical (unpaired) electrons. The molecule has 0 aliphatic carbocycles. The number of benzene rings is 2. The largest absolute Gasteiger partial charge is 0.472 e. The number of hydrogen-bond donors (Lipinski definition) is 3. The predicted octanol–water partition coefficient (Wildman–Crippen LogP) is 6.11. The zero-order valence-electron chi connectivity index (χ0n) is 20.3. The van der Waals surface area contributed by atoms with Crippen LogP contribution in [0.4, 0.5) is 0 Å². The van der Waals surface area contributed by atoms with E-state index in [9.17, 15) is 0 Å².